The van der Waals surface area contributed by atoms with Crippen LogP contribution in [-0.2, 0) is 16.1 Å². The zero-order valence-electron chi connectivity index (χ0n) is 19.3. The summed E-state index contributed by atoms with van der Waals surface area (Å²) in [5, 5.41) is 11.1. The van der Waals surface area contributed by atoms with Crippen LogP contribution in [0.1, 0.15) is 29.2 Å². The molecule has 8 nitrogen and oxygen atoms in total. The van der Waals surface area contributed by atoms with E-state index in [9.17, 15) is 19.3 Å². The van der Waals surface area contributed by atoms with E-state index in [0.717, 1.165) is 3.57 Å². The van der Waals surface area contributed by atoms with Crippen molar-refractivity contribution in [3.05, 3.63) is 102 Å². The van der Waals surface area contributed by atoms with Gasteiger partial charge in [0.05, 0.1) is 15.1 Å². The summed E-state index contributed by atoms with van der Waals surface area (Å²) in [6.45, 7) is 3.98. The van der Waals surface area contributed by atoms with Gasteiger partial charge in [-0.25, -0.2) is 14.2 Å². The maximum absolute atomic E-state index is 13.5. The molecule has 3 aromatic rings. The molecule has 1 aliphatic rings. The second kappa shape index (κ2) is 10.9. The fourth-order valence-electron chi connectivity index (χ4n) is 3.54. The lowest BCUT2D eigenvalue weighted by atomic mass is 10.1. The Hall–Kier alpha value is -3.80. The van der Waals surface area contributed by atoms with E-state index in [2.05, 4.69) is 27.6 Å². The molecule has 0 fully saturated rings. The van der Waals surface area contributed by atoms with Gasteiger partial charge >= 0.3 is 5.97 Å². The van der Waals surface area contributed by atoms with Crippen LogP contribution in [0.4, 0.5) is 10.1 Å². The van der Waals surface area contributed by atoms with Gasteiger partial charge in [-0.2, -0.15) is 0 Å². The zero-order valence-corrected chi connectivity index (χ0v) is 21.4. The molecule has 0 saturated heterocycles. The number of cyclic esters (lactones) is 1. The molecule has 3 aromatic carbocycles. The lowest BCUT2D eigenvalue weighted by Crippen LogP contribution is -2.06. The van der Waals surface area contributed by atoms with Crippen LogP contribution >= 0.6 is 22.6 Å². The predicted molar refractivity (Wildman–Crippen MR) is 139 cm³/mol. The normalized spacial score (nSPS) is 13.9. The van der Waals surface area contributed by atoms with Crippen molar-refractivity contribution in [3.8, 4) is 11.5 Å². The summed E-state index contributed by atoms with van der Waals surface area (Å²) in [6.07, 6.45) is 1.56. The summed E-state index contributed by atoms with van der Waals surface area (Å²) in [6, 6.07) is 14.1. The average Bonchev–Trinajstić information content (AvgIpc) is 3.18. The van der Waals surface area contributed by atoms with Crippen LogP contribution in [0.15, 0.2) is 65.3 Å². The number of halogens is 2. The number of hydrogen-bond acceptors (Lipinski definition) is 7. The number of ether oxygens (including phenoxy) is 3. The van der Waals surface area contributed by atoms with Gasteiger partial charge in [0.15, 0.2) is 17.2 Å². The first-order valence-corrected chi connectivity index (χ1v) is 11.9. The molecule has 0 bridgehead atoms. The largest absolute Gasteiger partial charge is 0.490 e. The standard InChI is InChI=1S/C26H20FIN2O6/c1-3-34-23-13-17(11-20(28)24(23)35-14-16-5-4-6-19(27)10-16)12-21-26(31)36-25(29-21)18-7-8-22(30(32)33)15(2)9-18/h4-13H,3,14H2,1-2H3/b21-12-. The topological polar surface area (TPSA) is 100 Å². The summed E-state index contributed by atoms with van der Waals surface area (Å²) >= 11 is 2.10. The molecule has 10 heteroatoms. The van der Waals surface area contributed by atoms with Gasteiger partial charge in [0.25, 0.3) is 5.69 Å². The number of nitro benzene ring substituents is 1. The van der Waals surface area contributed by atoms with Crippen LogP contribution in [0.5, 0.6) is 11.5 Å². The van der Waals surface area contributed by atoms with Gasteiger partial charge in [0, 0.05) is 17.2 Å². The van der Waals surface area contributed by atoms with E-state index >= 15 is 0 Å². The third-order valence-electron chi connectivity index (χ3n) is 5.17. The highest BCUT2D eigenvalue weighted by molar-refractivity contribution is 14.1. The Labute approximate surface area is 219 Å². The van der Waals surface area contributed by atoms with E-state index in [1.807, 2.05) is 6.92 Å². The molecular formula is C26H20FIN2O6. The third-order valence-corrected chi connectivity index (χ3v) is 5.97. The Kier molecular flexibility index (Phi) is 7.63. The van der Waals surface area contributed by atoms with Crippen molar-refractivity contribution >= 4 is 46.2 Å². The van der Waals surface area contributed by atoms with Crippen LogP contribution in [0.3, 0.4) is 0 Å². The number of carbonyl (C=O) groups excluding carboxylic acids is 1. The first kappa shape index (κ1) is 25.3. The van der Waals surface area contributed by atoms with Gasteiger partial charge in [0.1, 0.15) is 12.4 Å². The molecular weight excluding hydrogens is 582 g/mol. The van der Waals surface area contributed by atoms with E-state index in [-0.39, 0.29) is 29.7 Å². The second-order valence-electron chi connectivity index (χ2n) is 7.78. The van der Waals surface area contributed by atoms with Crippen molar-refractivity contribution in [2.24, 2.45) is 4.99 Å². The van der Waals surface area contributed by atoms with Gasteiger partial charge in [-0.3, -0.25) is 10.1 Å². The number of esters is 1. The lowest BCUT2D eigenvalue weighted by molar-refractivity contribution is -0.385. The number of hydrogen-bond donors (Lipinski definition) is 0. The fraction of sp³-hybridized carbons (Fsp3) is 0.154. The maximum Gasteiger partial charge on any atom is 0.363 e. The second-order valence-corrected chi connectivity index (χ2v) is 8.94. The fourth-order valence-corrected chi connectivity index (χ4v) is 4.32. The van der Waals surface area contributed by atoms with E-state index < -0.39 is 10.9 Å². The lowest BCUT2D eigenvalue weighted by Gasteiger charge is -2.15. The number of aliphatic imine (C=N–C) groups is 1. The molecule has 0 saturated carbocycles. The first-order chi connectivity index (χ1) is 17.2. The van der Waals surface area contributed by atoms with Crippen LogP contribution in [0, 0.1) is 26.4 Å². The number of rotatable bonds is 8. The number of nitrogens with zero attached hydrogens (tertiary/aromatic N) is 2. The minimum Gasteiger partial charge on any atom is -0.490 e. The van der Waals surface area contributed by atoms with Crippen molar-refractivity contribution < 1.29 is 28.3 Å². The smallest absolute Gasteiger partial charge is 0.363 e. The number of carbonyl (C=O) groups is 1. The molecule has 0 aromatic heterocycles. The molecule has 0 unspecified atom stereocenters. The Balaban J connectivity index is 1.61. The number of aryl methyl sites for hydroxylation is 1. The highest BCUT2D eigenvalue weighted by Crippen LogP contribution is 2.36. The van der Waals surface area contributed by atoms with E-state index in [0.29, 0.717) is 40.4 Å². The molecule has 4 rings (SSSR count). The molecule has 0 radical (unpaired) electrons. The van der Waals surface area contributed by atoms with Crippen molar-refractivity contribution in [2.45, 2.75) is 20.5 Å². The number of benzene rings is 3. The minimum absolute atomic E-state index is 0.0304. The first-order valence-electron chi connectivity index (χ1n) is 10.9. The summed E-state index contributed by atoms with van der Waals surface area (Å²) in [7, 11) is 0. The van der Waals surface area contributed by atoms with Gasteiger partial charge in [-0.15, -0.1) is 0 Å². The maximum atomic E-state index is 13.5. The van der Waals surface area contributed by atoms with E-state index in [4.69, 9.17) is 14.2 Å². The quantitative estimate of drug-likeness (QED) is 0.104. The van der Waals surface area contributed by atoms with Crippen molar-refractivity contribution in [3.63, 3.8) is 0 Å². The Morgan fingerprint density at radius 1 is 1.17 bits per heavy atom. The van der Waals surface area contributed by atoms with Gasteiger partial charge in [-0.1, -0.05) is 12.1 Å². The molecule has 184 valence electrons. The van der Waals surface area contributed by atoms with Crippen LogP contribution in [0.2, 0.25) is 0 Å². The monoisotopic (exact) mass is 602 g/mol. The molecule has 0 aliphatic carbocycles. The van der Waals surface area contributed by atoms with Crippen molar-refractivity contribution in [1.29, 1.82) is 0 Å². The van der Waals surface area contributed by atoms with Gasteiger partial charge in [-0.05, 0) is 90.0 Å². The third kappa shape index (κ3) is 5.70. The molecule has 0 amide bonds. The number of nitro groups is 1. The van der Waals surface area contributed by atoms with Crippen LogP contribution in [-0.4, -0.2) is 23.4 Å². The van der Waals surface area contributed by atoms with E-state index in [1.165, 1.54) is 24.3 Å². The Morgan fingerprint density at radius 3 is 2.67 bits per heavy atom. The summed E-state index contributed by atoms with van der Waals surface area (Å²) < 4.78 is 31.2. The average molecular weight is 602 g/mol. The minimum atomic E-state index is -0.639. The summed E-state index contributed by atoms with van der Waals surface area (Å²) in [5.74, 6) is 0.0575. The predicted octanol–water partition coefficient (Wildman–Crippen LogP) is 5.97. The Morgan fingerprint density at radius 2 is 1.97 bits per heavy atom. The van der Waals surface area contributed by atoms with Crippen molar-refractivity contribution in [1.82, 2.24) is 0 Å². The zero-order chi connectivity index (χ0) is 25.8. The van der Waals surface area contributed by atoms with Crippen molar-refractivity contribution in [2.75, 3.05) is 6.61 Å². The molecule has 36 heavy (non-hydrogen) atoms. The molecule has 0 spiro atoms. The molecule has 0 N–H and O–H groups in total. The van der Waals surface area contributed by atoms with Crippen LogP contribution in [0.25, 0.3) is 6.08 Å². The summed E-state index contributed by atoms with van der Waals surface area (Å²) in [5.41, 5.74) is 2.25. The molecule has 0 atom stereocenters. The molecule has 1 heterocycles. The van der Waals surface area contributed by atoms with Gasteiger partial charge < -0.3 is 14.2 Å². The highest BCUT2D eigenvalue weighted by atomic mass is 127. The SMILES string of the molecule is CCOc1cc(/C=C2\N=C(c3ccc([N+](=O)[O-])c(C)c3)OC2=O)cc(I)c1OCc1cccc(F)c1. The highest BCUT2D eigenvalue weighted by Gasteiger charge is 2.26. The Bertz CT molecular complexity index is 1420. The van der Waals surface area contributed by atoms with E-state index in [1.54, 1.807) is 43.3 Å². The van der Waals surface area contributed by atoms with Gasteiger partial charge in [0.2, 0.25) is 5.90 Å². The van der Waals surface area contributed by atoms with Crippen LogP contribution < -0.4 is 9.47 Å². The molecule has 1 aliphatic heterocycles. The summed E-state index contributed by atoms with van der Waals surface area (Å²) in [4.78, 5) is 27.3.